The summed E-state index contributed by atoms with van der Waals surface area (Å²) in [6, 6.07) is 6.12. The molecule has 1 amide bonds. The molecule has 1 aromatic heterocycles. The Kier molecular flexibility index (Phi) is 4.40. The van der Waals surface area contributed by atoms with Crippen LogP contribution in [0.4, 0.5) is 13.2 Å². The first-order valence-corrected chi connectivity index (χ1v) is 7.80. The molecule has 1 fully saturated rings. The summed E-state index contributed by atoms with van der Waals surface area (Å²) in [4.78, 5) is 28.4. The molecular formula is C16H16F3N3O3. The van der Waals surface area contributed by atoms with Crippen molar-refractivity contribution >= 4 is 22.9 Å². The highest BCUT2D eigenvalue weighted by Crippen LogP contribution is 2.31. The zero-order valence-corrected chi connectivity index (χ0v) is 13.2. The number of benzene rings is 1. The van der Waals surface area contributed by atoms with Crippen LogP contribution in [-0.4, -0.2) is 44.5 Å². The number of para-hydroxylation sites is 2. The Bertz CT molecular complexity index is 808. The third-order valence-corrected chi connectivity index (χ3v) is 4.40. The number of rotatable bonds is 3. The summed E-state index contributed by atoms with van der Waals surface area (Å²) in [6.45, 7) is -0.0271. The van der Waals surface area contributed by atoms with Gasteiger partial charge in [-0.05, 0) is 25.0 Å². The van der Waals surface area contributed by atoms with Crippen LogP contribution in [0.3, 0.4) is 0 Å². The second kappa shape index (κ2) is 6.38. The molecule has 6 nitrogen and oxygen atoms in total. The number of piperidine rings is 1. The number of amides is 1. The first-order valence-electron chi connectivity index (χ1n) is 7.80. The van der Waals surface area contributed by atoms with Gasteiger partial charge < -0.3 is 14.6 Å². The molecule has 1 N–H and O–H groups in total. The van der Waals surface area contributed by atoms with Crippen LogP contribution in [0, 0.1) is 5.92 Å². The van der Waals surface area contributed by atoms with E-state index in [1.807, 2.05) is 0 Å². The maximum absolute atomic E-state index is 13.2. The molecule has 2 aromatic rings. The van der Waals surface area contributed by atoms with E-state index in [0.29, 0.717) is 12.8 Å². The van der Waals surface area contributed by atoms with E-state index in [-0.39, 0.29) is 24.1 Å². The fourth-order valence-corrected chi connectivity index (χ4v) is 3.06. The molecule has 1 saturated heterocycles. The van der Waals surface area contributed by atoms with Gasteiger partial charge in [0.1, 0.15) is 6.54 Å². The molecule has 3 rings (SSSR count). The minimum atomic E-state index is -4.67. The predicted octanol–water partition coefficient (Wildman–Crippen LogP) is 2.38. The minimum absolute atomic E-state index is 0.173. The van der Waals surface area contributed by atoms with E-state index in [0.717, 1.165) is 4.57 Å². The Hall–Kier alpha value is -2.58. The van der Waals surface area contributed by atoms with Gasteiger partial charge in [0.2, 0.25) is 11.7 Å². The molecule has 25 heavy (non-hydrogen) atoms. The summed E-state index contributed by atoms with van der Waals surface area (Å²) in [5, 5.41) is 8.97. The number of carboxylic acids is 1. The van der Waals surface area contributed by atoms with Gasteiger partial charge in [0.05, 0.1) is 17.0 Å². The third kappa shape index (κ3) is 3.45. The van der Waals surface area contributed by atoms with E-state index in [2.05, 4.69) is 4.98 Å². The maximum atomic E-state index is 13.2. The fraction of sp³-hybridized carbons (Fsp3) is 0.438. The van der Waals surface area contributed by atoms with E-state index < -0.39 is 36.3 Å². The first-order chi connectivity index (χ1) is 11.8. The predicted molar refractivity (Wildman–Crippen MR) is 81.7 cm³/mol. The number of carbonyl (C=O) groups excluding carboxylic acids is 1. The molecule has 134 valence electrons. The fourth-order valence-electron chi connectivity index (χ4n) is 3.06. The standard InChI is InChI=1S/C16H16F3N3O3/c17-16(18,19)15-20-11-3-1-2-4-12(11)22(15)9-13(23)21-7-5-10(6-8-21)14(24)25/h1-4,10H,5-9H2,(H,24,25). The van der Waals surface area contributed by atoms with Crippen molar-refractivity contribution in [2.75, 3.05) is 13.1 Å². The molecule has 0 spiro atoms. The number of aromatic nitrogens is 2. The summed E-state index contributed by atoms with van der Waals surface area (Å²) in [5.74, 6) is -3.00. The van der Waals surface area contributed by atoms with Crippen molar-refractivity contribution < 1.29 is 27.9 Å². The molecule has 1 aliphatic rings. The van der Waals surface area contributed by atoms with E-state index in [9.17, 15) is 22.8 Å². The number of hydrogen-bond acceptors (Lipinski definition) is 3. The maximum Gasteiger partial charge on any atom is 0.449 e. The molecule has 0 unspecified atom stereocenters. The van der Waals surface area contributed by atoms with Crippen molar-refractivity contribution in [1.82, 2.24) is 14.5 Å². The van der Waals surface area contributed by atoms with E-state index >= 15 is 0 Å². The van der Waals surface area contributed by atoms with Gasteiger partial charge in [0.25, 0.3) is 0 Å². The normalized spacial score (nSPS) is 16.4. The molecule has 1 aliphatic heterocycles. The number of halogens is 3. The van der Waals surface area contributed by atoms with Crippen LogP contribution in [-0.2, 0) is 22.3 Å². The number of carboxylic acid groups (broad SMARTS) is 1. The van der Waals surface area contributed by atoms with Gasteiger partial charge in [0, 0.05) is 13.1 Å². The first kappa shape index (κ1) is 17.2. The van der Waals surface area contributed by atoms with Gasteiger partial charge in [-0.15, -0.1) is 0 Å². The van der Waals surface area contributed by atoms with Crippen molar-refractivity contribution in [2.24, 2.45) is 5.92 Å². The number of likely N-dealkylation sites (tertiary alicyclic amines) is 1. The molecular weight excluding hydrogens is 339 g/mol. The number of imidazole rings is 1. The molecule has 0 bridgehead atoms. The number of hydrogen-bond donors (Lipinski definition) is 1. The monoisotopic (exact) mass is 355 g/mol. The van der Waals surface area contributed by atoms with Gasteiger partial charge in [-0.25, -0.2) is 4.98 Å². The van der Waals surface area contributed by atoms with Crippen LogP contribution in [0.15, 0.2) is 24.3 Å². The van der Waals surface area contributed by atoms with Gasteiger partial charge in [0.15, 0.2) is 0 Å². The largest absolute Gasteiger partial charge is 0.481 e. The lowest BCUT2D eigenvalue weighted by atomic mass is 9.97. The highest BCUT2D eigenvalue weighted by atomic mass is 19.4. The highest BCUT2D eigenvalue weighted by molar-refractivity contribution is 5.81. The van der Waals surface area contributed by atoms with E-state index in [1.54, 1.807) is 12.1 Å². The summed E-state index contributed by atoms with van der Waals surface area (Å²) in [5.41, 5.74) is 0.413. The Morgan fingerprint density at radius 1 is 1.20 bits per heavy atom. The van der Waals surface area contributed by atoms with Gasteiger partial charge in [-0.3, -0.25) is 9.59 Å². The van der Waals surface area contributed by atoms with Crippen LogP contribution in [0.2, 0.25) is 0 Å². The quantitative estimate of drug-likeness (QED) is 0.917. The topological polar surface area (TPSA) is 75.4 Å². The van der Waals surface area contributed by atoms with Crippen LogP contribution >= 0.6 is 0 Å². The lowest BCUT2D eigenvalue weighted by Gasteiger charge is -2.30. The lowest BCUT2D eigenvalue weighted by molar-refractivity contribution is -0.149. The second-order valence-electron chi connectivity index (χ2n) is 6.00. The van der Waals surface area contributed by atoms with Crippen LogP contribution in [0.25, 0.3) is 11.0 Å². The summed E-state index contributed by atoms with van der Waals surface area (Å²) >= 11 is 0. The SMILES string of the molecule is O=C(O)C1CCN(C(=O)Cn2c(C(F)(F)F)nc3ccccc32)CC1. The zero-order valence-electron chi connectivity index (χ0n) is 13.2. The molecule has 0 saturated carbocycles. The van der Waals surface area contributed by atoms with E-state index in [4.69, 9.17) is 5.11 Å². The number of aliphatic carboxylic acids is 1. The number of fused-ring (bicyclic) bond motifs is 1. The average Bonchev–Trinajstić information content (AvgIpc) is 2.94. The number of carbonyl (C=O) groups is 2. The van der Waals surface area contributed by atoms with E-state index in [1.165, 1.54) is 17.0 Å². The van der Waals surface area contributed by atoms with Crippen molar-refractivity contribution in [2.45, 2.75) is 25.6 Å². The van der Waals surface area contributed by atoms with Crippen LogP contribution in [0.5, 0.6) is 0 Å². The molecule has 0 atom stereocenters. The lowest BCUT2D eigenvalue weighted by Crippen LogP contribution is -2.42. The van der Waals surface area contributed by atoms with Crippen LogP contribution < -0.4 is 0 Å². The summed E-state index contributed by atoms with van der Waals surface area (Å²) in [6.07, 6.45) is -4.06. The van der Waals surface area contributed by atoms with Crippen molar-refractivity contribution in [3.05, 3.63) is 30.1 Å². The summed E-state index contributed by atoms with van der Waals surface area (Å²) in [7, 11) is 0. The highest BCUT2D eigenvalue weighted by Gasteiger charge is 2.38. The van der Waals surface area contributed by atoms with Crippen molar-refractivity contribution in [3.63, 3.8) is 0 Å². The minimum Gasteiger partial charge on any atom is -0.481 e. The zero-order chi connectivity index (χ0) is 18.2. The van der Waals surface area contributed by atoms with Gasteiger partial charge >= 0.3 is 12.1 Å². The molecule has 0 aliphatic carbocycles. The number of alkyl halides is 3. The van der Waals surface area contributed by atoms with Gasteiger partial charge in [-0.1, -0.05) is 12.1 Å². The smallest absolute Gasteiger partial charge is 0.449 e. The Labute approximate surface area is 140 Å². The Morgan fingerprint density at radius 3 is 2.44 bits per heavy atom. The van der Waals surface area contributed by atoms with Crippen molar-refractivity contribution in [1.29, 1.82) is 0 Å². The second-order valence-corrected chi connectivity index (χ2v) is 6.00. The average molecular weight is 355 g/mol. The molecule has 2 heterocycles. The molecule has 9 heteroatoms. The van der Waals surface area contributed by atoms with Crippen LogP contribution in [0.1, 0.15) is 18.7 Å². The Balaban J connectivity index is 1.83. The molecule has 0 radical (unpaired) electrons. The Morgan fingerprint density at radius 2 is 1.84 bits per heavy atom. The number of nitrogens with zero attached hydrogens (tertiary/aromatic N) is 3. The van der Waals surface area contributed by atoms with Gasteiger partial charge in [-0.2, -0.15) is 13.2 Å². The molecule has 1 aromatic carbocycles. The van der Waals surface area contributed by atoms with Crippen molar-refractivity contribution in [3.8, 4) is 0 Å². The summed E-state index contributed by atoms with van der Waals surface area (Å²) < 4.78 is 40.6. The third-order valence-electron chi connectivity index (χ3n) is 4.40.